The largest absolute Gasteiger partial charge is 0.454 e. The lowest BCUT2D eigenvalue weighted by Crippen LogP contribution is -2.02. The summed E-state index contributed by atoms with van der Waals surface area (Å²) >= 11 is 0. The Morgan fingerprint density at radius 2 is 2.18 bits per heavy atom. The maximum atomic E-state index is 5.50. The van der Waals surface area contributed by atoms with E-state index in [1.807, 2.05) is 24.4 Å². The summed E-state index contributed by atoms with van der Waals surface area (Å²) in [6, 6.07) is 5.77. The number of imidazole rings is 1. The molecule has 17 heavy (non-hydrogen) atoms. The van der Waals surface area contributed by atoms with Crippen LogP contribution in [0.4, 0.5) is 0 Å². The van der Waals surface area contributed by atoms with E-state index in [2.05, 4.69) is 9.97 Å². The predicted molar refractivity (Wildman–Crippen MR) is 62.9 cm³/mol. The number of rotatable bonds is 3. The number of aromatic amines is 1. The molecule has 0 atom stereocenters. The minimum atomic E-state index is 0.287. The van der Waals surface area contributed by atoms with E-state index in [9.17, 15) is 0 Å². The molecule has 3 N–H and O–H groups in total. The Bertz CT molecular complexity index is 536. The van der Waals surface area contributed by atoms with Crippen LogP contribution in [0.5, 0.6) is 11.5 Å². The van der Waals surface area contributed by atoms with Crippen molar-refractivity contribution in [3.05, 3.63) is 30.1 Å². The van der Waals surface area contributed by atoms with Crippen LogP contribution in [-0.2, 0) is 6.42 Å². The zero-order valence-corrected chi connectivity index (χ0v) is 9.27. The molecule has 1 aliphatic heterocycles. The molecule has 1 aromatic heterocycles. The molecule has 88 valence electrons. The maximum Gasteiger partial charge on any atom is 0.231 e. The fraction of sp³-hybridized carbons (Fsp3) is 0.250. The standard InChI is InChI=1S/C12H13N3O2/c13-4-3-9-6-14-12(15-9)8-1-2-10-11(5-8)17-7-16-10/h1-2,5-6H,3-4,7,13H2,(H,14,15). The molecule has 0 saturated carbocycles. The molecule has 5 heteroatoms. The first kappa shape index (κ1) is 10.2. The number of nitrogens with two attached hydrogens (primary N) is 1. The number of nitrogens with one attached hydrogen (secondary N) is 1. The van der Waals surface area contributed by atoms with Gasteiger partial charge >= 0.3 is 0 Å². The molecule has 1 aromatic carbocycles. The minimum Gasteiger partial charge on any atom is -0.454 e. The van der Waals surface area contributed by atoms with Gasteiger partial charge in [-0.05, 0) is 24.7 Å². The predicted octanol–water partition coefficient (Wildman–Crippen LogP) is 1.31. The third kappa shape index (κ3) is 1.85. The molecule has 0 radical (unpaired) electrons. The average molecular weight is 231 g/mol. The second kappa shape index (κ2) is 4.10. The summed E-state index contributed by atoms with van der Waals surface area (Å²) in [6.07, 6.45) is 2.62. The third-order valence-corrected chi connectivity index (χ3v) is 2.69. The highest BCUT2D eigenvalue weighted by Gasteiger charge is 2.14. The highest BCUT2D eigenvalue weighted by Crippen LogP contribution is 2.35. The summed E-state index contributed by atoms with van der Waals surface area (Å²) in [6.45, 7) is 0.901. The van der Waals surface area contributed by atoms with Crippen molar-refractivity contribution in [3.8, 4) is 22.9 Å². The summed E-state index contributed by atoms with van der Waals surface area (Å²) < 4.78 is 10.6. The van der Waals surface area contributed by atoms with Gasteiger partial charge in [0.1, 0.15) is 5.82 Å². The van der Waals surface area contributed by atoms with Crippen LogP contribution in [0.1, 0.15) is 5.69 Å². The van der Waals surface area contributed by atoms with Crippen LogP contribution in [0.3, 0.4) is 0 Å². The molecular weight excluding hydrogens is 218 g/mol. The van der Waals surface area contributed by atoms with Crippen molar-refractivity contribution in [2.45, 2.75) is 6.42 Å². The second-order valence-electron chi connectivity index (χ2n) is 3.86. The Balaban J connectivity index is 1.92. The van der Waals surface area contributed by atoms with Gasteiger partial charge in [-0.1, -0.05) is 0 Å². The van der Waals surface area contributed by atoms with E-state index in [1.165, 1.54) is 0 Å². The molecular formula is C12H13N3O2. The van der Waals surface area contributed by atoms with E-state index in [-0.39, 0.29) is 6.79 Å². The number of ether oxygens (including phenoxy) is 2. The van der Waals surface area contributed by atoms with Gasteiger partial charge in [-0.15, -0.1) is 0 Å². The van der Waals surface area contributed by atoms with Crippen molar-refractivity contribution in [3.63, 3.8) is 0 Å². The lowest BCUT2D eigenvalue weighted by molar-refractivity contribution is 0.174. The van der Waals surface area contributed by atoms with E-state index >= 15 is 0 Å². The second-order valence-corrected chi connectivity index (χ2v) is 3.86. The number of nitrogens with zero attached hydrogens (tertiary/aromatic N) is 1. The number of aromatic nitrogens is 2. The summed E-state index contributed by atoms with van der Waals surface area (Å²) in [5, 5.41) is 0. The van der Waals surface area contributed by atoms with Crippen LogP contribution < -0.4 is 15.2 Å². The summed E-state index contributed by atoms with van der Waals surface area (Å²) in [4.78, 5) is 7.56. The van der Waals surface area contributed by atoms with Gasteiger partial charge in [0.25, 0.3) is 0 Å². The van der Waals surface area contributed by atoms with Gasteiger partial charge in [0, 0.05) is 23.9 Å². The van der Waals surface area contributed by atoms with Crippen LogP contribution >= 0.6 is 0 Å². The Labute approximate surface area is 98.6 Å². The van der Waals surface area contributed by atoms with Crippen molar-refractivity contribution in [2.75, 3.05) is 13.3 Å². The van der Waals surface area contributed by atoms with Gasteiger partial charge in [-0.25, -0.2) is 4.98 Å². The molecule has 0 amide bonds. The van der Waals surface area contributed by atoms with Crippen LogP contribution in [0, 0.1) is 0 Å². The lowest BCUT2D eigenvalue weighted by atomic mass is 10.2. The highest BCUT2D eigenvalue weighted by atomic mass is 16.7. The Morgan fingerprint density at radius 1 is 1.29 bits per heavy atom. The van der Waals surface area contributed by atoms with Crippen molar-refractivity contribution in [1.82, 2.24) is 9.97 Å². The normalized spacial score (nSPS) is 13.0. The zero-order chi connectivity index (χ0) is 11.7. The molecule has 0 unspecified atom stereocenters. The van der Waals surface area contributed by atoms with E-state index < -0.39 is 0 Å². The molecule has 0 spiro atoms. The summed E-state index contributed by atoms with van der Waals surface area (Å²) in [5.74, 6) is 2.37. The fourth-order valence-corrected chi connectivity index (χ4v) is 1.83. The van der Waals surface area contributed by atoms with Crippen LogP contribution in [-0.4, -0.2) is 23.3 Å². The van der Waals surface area contributed by atoms with Crippen LogP contribution in [0.25, 0.3) is 11.4 Å². The Morgan fingerprint density at radius 3 is 3.06 bits per heavy atom. The molecule has 0 aliphatic carbocycles. The van der Waals surface area contributed by atoms with Crippen molar-refractivity contribution in [1.29, 1.82) is 0 Å². The van der Waals surface area contributed by atoms with Gasteiger partial charge in [0.15, 0.2) is 11.5 Å². The quantitative estimate of drug-likeness (QED) is 0.835. The topological polar surface area (TPSA) is 73.2 Å². The number of H-pyrrole nitrogens is 1. The first-order valence-electron chi connectivity index (χ1n) is 5.51. The smallest absolute Gasteiger partial charge is 0.231 e. The fourth-order valence-electron chi connectivity index (χ4n) is 1.83. The van der Waals surface area contributed by atoms with Gasteiger partial charge in [-0.3, -0.25) is 0 Å². The molecule has 0 saturated heterocycles. The monoisotopic (exact) mass is 231 g/mol. The minimum absolute atomic E-state index is 0.287. The number of hydrogen-bond donors (Lipinski definition) is 2. The third-order valence-electron chi connectivity index (χ3n) is 2.69. The van der Waals surface area contributed by atoms with Crippen molar-refractivity contribution < 1.29 is 9.47 Å². The van der Waals surface area contributed by atoms with Crippen molar-refractivity contribution in [2.24, 2.45) is 5.73 Å². The van der Waals surface area contributed by atoms with Gasteiger partial charge < -0.3 is 20.2 Å². The molecule has 2 heterocycles. The number of fused-ring (bicyclic) bond motifs is 1. The Kier molecular flexibility index (Phi) is 2.45. The Hall–Kier alpha value is -2.01. The molecule has 1 aliphatic rings. The van der Waals surface area contributed by atoms with E-state index in [1.54, 1.807) is 0 Å². The SMILES string of the molecule is NCCc1cnc(-c2ccc3c(c2)OCO3)[nH]1. The molecule has 3 rings (SSSR count). The van der Waals surface area contributed by atoms with Crippen LogP contribution in [0.2, 0.25) is 0 Å². The van der Waals surface area contributed by atoms with Crippen molar-refractivity contribution >= 4 is 0 Å². The first-order chi connectivity index (χ1) is 8.36. The van der Waals surface area contributed by atoms with Crippen LogP contribution in [0.15, 0.2) is 24.4 Å². The first-order valence-corrected chi connectivity index (χ1v) is 5.51. The maximum absolute atomic E-state index is 5.50. The zero-order valence-electron chi connectivity index (χ0n) is 9.27. The molecule has 0 bridgehead atoms. The number of hydrogen-bond acceptors (Lipinski definition) is 4. The average Bonchev–Trinajstić information content (AvgIpc) is 2.96. The van der Waals surface area contributed by atoms with E-state index in [4.69, 9.17) is 15.2 Å². The number of benzene rings is 1. The lowest BCUT2D eigenvalue weighted by Gasteiger charge is -1.99. The molecule has 5 nitrogen and oxygen atoms in total. The highest BCUT2D eigenvalue weighted by molar-refractivity contribution is 5.61. The van der Waals surface area contributed by atoms with E-state index in [0.717, 1.165) is 35.0 Å². The van der Waals surface area contributed by atoms with Gasteiger partial charge in [0.05, 0.1) is 0 Å². The van der Waals surface area contributed by atoms with Gasteiger partial charge in [-0.2, -0.15) is 0 Å². The summed E-state index contributed by atoms with van der Waals surface area (Å²) in [5.41, 5.74) is 7.52. The molecule has 2 aromatic rings. The summed E-state index contributed by atoms with van der Waals surface area (Å²) in [7, 11) is 0. The molecule has 0 fully saturated rings. The van der Waals surface area contributed by atoms with Gasteiger partial charge in [0.2, 0.25) is 6.79 Å². The van der Waals surface area contributed by atoms with E-state index in [0.29, 0.717) is 6.54 Å².